The fourth-order valence-electron chi connectivity index (χ4n) is 7.38. The van der Waals surface area contributed by atoms with E-state index < -0.39 is 6.10 Å². The summed E-state index contributed by atoms with van der Waals surface area (Å²) in [7, 11) is 0. The first-order valence-corrected chi connectivity index (χ1v) is 27.2. The molecule has 65 heavy (non-hydrogen) atoms. The van der Waals surface area contributed by atoms with Gasteiger partial charge in [-0.05, 0) is 89.9 Å². The van der Waals surface area contributed by atoms with Crippen molar-refractivity contribution in [3.63, 3.8) is 0 Å². The summed E-state index contributed by atoms with van der Waals surface area (Å²) in [6, 6.07) is 0. The van der Waals surface area contributed by atoms with Crippen molar-refractivity contribution in [1.29, 1.82) is 0 Å². The highest BCUT2D eigenvalue weighted by molar-refractivity contribution is 5.71. The molecule has 0 bridgehead atoms. The Hall–Kier alpha value is -3.41. The van der Waals surface area contributed by atoms with Crippen molar-refractivity contribution in [2.45, 2.75) is 258 Å². The van der Waals surface area contributed by atoms with Crippen molar-refractivity contribution in [3.8, 4) is 0 Å². The van der Waals surface area contributed by atoms with Crippen molar-refractivity contribution in [2.24, 2.45) is 0 Å². The predicted molar refractivity (Wildman–Crippen MR) is 279 cm³/mol. The molecule has 1 atom stereocenters. The summed E-state index contributed by atoms with van der Waals surface area (Å²) in [6.45, 7) is 6.43. The lowest BCUT2D eigenvalue weighted by Crippen LogP contribution is -2.30. The molecule has 1 unspecified atom stereocenters. The van der Waals surface area contributed by atoms with Crippen LogP contribution in [0.3, 0.4) is 0 Å². The van der Waals surface area contributed by atoms with Crippen LogP contribution in [0.5, 0.6) is 0 Å². The SMILES string of the molecule is CC\C=C/C=C\C=C/C=C\CCCCCC(=O)OCC(COC(=O)CCCCCCC/C=C\CCCCCCCCCCC)OC(=O)CCCCC/C=C\C=C/CCCCCCCCC. The number of hydrogen-bond donors (Lipinski definition) is 0. The first kappa shape index (κ1) is 61.6. The Balaban J connectivity index is 4.47. The molecule has 0 saturated heterocycles. The minimum absolute atomic E-state index is 0.105. The highest BCUT2D eigenvalue weighted by atomic mass is 16.6. The first-order valence-electron chi connectivity index (χ1n) is 27.2. The van der Waals surface area contributed by atoms with E-state index in [1.54, 1.807) is 0 Å². The molecule has 0 rings (SSSR count). The molecule has 6 nitrogen and oxygen atoms in total. The summed E-state index contributed by atoms with van der Waals surface area (Å²) < 4.78 is 16.8. The molecular formula is C59H100O6. The molecule has 0 radical (unpaired) electrons. The second-order valence-electron chi connectivity index (χ2n) is 17.9. The Labute approximate surface area is 401 Å². The van der Waals surface area contributed by atoms with Crippen molar-refractivity contribution in [3.05, 3.63) is 85.1 Å². The van der Waals surface area contributed by atoms with E-state index in [0.29, 0.717) is 12.8 Å². The van der Waals surface area contributed by atoms with E-state index >= 15 is 0 Å². The van der Waals surface area contributed by atoms with Crippen LogP contribution in [-0.4, -0.2) is 37.2 Å². The standard InChI is InChI=1S/C59H100O6/c1-4-7-10-13-16-19-22-25-27-29-30-32-34-37-40-43-46-49-52-58(61)64-55-56(54-63-57(60)51-48-45-42-39-36-33-24-21-18-15-12-9-6-3)65-59(62)53-50-47-44-41-38-35-31-28-26-23-20-17-14-11-8-5-2/h9,12,15,18,21,24,28,30-33,35-36,38,56H,4-8,10-11,13-14,16-17,19-20,22-23,25-27,29,34,37,39-55H2,1-3H3/b12-9-,18-15-,24-21-,31-28-,32-30-,36-33-,38-35-. The normalized spacial score (nSPS) is 12.7. The smallest absolute Gasteiger partial charge is 0.306 e. The fourth-order valence-corrected chi connectivity index (χ4v) is 7.38. The lowest BCUT2D eigenvalue weighted by Gasteiger charge is -2.18. The molecule has 0 heterocycles. The summed E-state index contributed by atoms with van der Waals surface area (Å²) in [4.78, 5) is 38.0. The Morgan fingerprint density at radius 3 is 1.02 bits per heavy atom. The van der Waals surface area contributed by atoms with Crippen LogP contribution in [0.2, 0.25) is 0 Å². The third-order valence-corrected chi connectivity index (χ3v) is 11.5. The number of ether oxygens (including phenoxy) is 3. The van der Waals surface area contributed by atoms with Gasteiger partial charge in [-0.2, -0.15) is 0 Å². The van der Waals surface area contributed by atoms with Gasteiger partial charge in [-0.25, -0.2) is 0 Å². The molecule has 0 aliphatic heterocycles. The van der Waals surface area contributed by atoms with E-state index in [4.69, 9.17) is 14.2 Å². The Bertz CT molecular complexity index is 1270. The summed E-state index contributed by atoms with van der Waals surface area (Å²) in [5, 5.41) is 0. The van der Waals surface area contributed by atoms with Crippen LogP contribution in [0.15, 0.2) is 85.1 Å². The molecule has 0 aliphatic carbocycles. The molecule has 372 valence electrons. The molecular weight excluding hydrogens is 805 g/mol. The average molecular weight is 905 g/mol. The van der Waals surface area contributed by atoms with Gasteiger partial charge < -0.3 is 14.2 Å². The minimum Gasteiger partial charge on any atom is -0.462 e. The van der Waals surface area contributed by atoms with Gasteiger partial charge in [-0.3, -0.25) is 14.4 Å². The van der Waals surface area contributed by atoms with Crippen LogP contribution in [0.4, 0.5) is 0 Å². The van der Waals surface area contributed by atoms with Gasteiger partial charge in [0.25, 0.3) is 0 Å². The van der Waals surface area contributed by atoms with Gasteiger partial charge in [0.1, 0.15) is 13.2 Å². The average Bonchev–Trinajstić information content (AvgIpc) is 3.30. The van der Waals surface area contributed by atoms with Crippen LogP contribution in [0, 0.1) is 0 Å². The topological polar surface area (TPSA) is 78.9 Å². The quantitative estimate of drug-likeness (QED) is 0.0199. The fraction of sp³-hybridized carbons (Fsp3) is 0.712. The van der Waals surface area contributed by atoms with Gasteiger partial charge in [0, 0.05) is 19.3 Å². The third kappa shape index (κ3) is 51.4. The molecule has 0 aliphatic rings. The number of rotatable bonds is 48. The highest BCUT2D eigenvalue weighted by Gasteiger charge is 2.19. The van der Waals surface area contributed by atoms with Gasteiger partial charge >= 0.3 is 17.9 Å². The third-order valence-electron chi connectivity index (χ3n) is 11.5. The number of hydrogen-bond acceptors (Lipinski definition) is 6. The Morgan fingerprint density at radius 1 is 0.323 bits per heavy atom. The molecule has 0 aromatic carbocycles. The molecule has 0 fully saturated rings. The summed E-state index contributed by atoms with van der Waals surface area (Å²) in [5.74, 6) is -0.978. The molecule has 0 N–H and O–H groups in total. The number of unbranched alkanes of at least 4 members (excludes halogenated alkanes) is 27. The van der Waals surface area contributed by atoms with E-state index in [1.165, 1.54) is 122 Å². The van der Waals surface area contributed by atoms with Crippen LogP contribution in [0.1, 0.15) is 252 Å². The van der Waals surface area contributed by atoms with E-state index in [1.807, 2.05) is 36.5 Å². The molecule has 0 aromatic rings. The molecule has 6 heteroatoms. The van der Waals surface area contributed by atoms with Gasteiger partial charge in [-0.15, -0.1) is 0 Å². The monoisotopic (exact) mass is 905 g/mol. The van der Waals surface area contributed by atoms with Crippen LogP contribution >= 0.6 is 0 Å². The van der Waals surface area contributed by atoms with E-state index in [-0.39, 0.29) is 37.5 Å². The zero-order valence-corrected chi connectivity index (χ0v) is 42.5. The second-order valence-corrected chi connectivity index (χ2v) is 17.9. The lowest BCUT2D eigenvalue weighted by molar-refractivity contribution is -0.167. The van der Waals surface area contributed by atoms with Gasteiger partial charge in [-0.1, -0.05) is 228 Å². The molecule has 0 saturated carbocycles. The summed E-state index contributed by atoms with van der Waals surface area (Å²) >= 11 is 0. The number of carbonyl (C=O) groups is 3. The first-order chi connectivity index (χ1) is 32.0. The minimum atomic E-state index is -0.810. The number of allylic oxidation sites excluding steroid dienone is 14. The second kappa shape index (κ2) is 53.2. The van der Waals surface area contributed by atoms with Crippen molar-refractivity contribution < 1.29 is 28.6 Å². The van der Waals surface area contributed by atoms with Gasteiger partial charge in [0.05, 0.1) is 0 Å². The lowest BCUT2D eigenvalue weighted by atomic mass is 10.1. The zero-order chi connectivity index (χ0) is 47.2. The maximum Gasteiger partial charge on any atom is 0.306 e. The summed E-state index contributed by atoms with van der Waals surface area (Å²) in [5.41, 5.74) is 0. The number of esters is 3. The van der Waals surface area contributed by atoms with Crippen LogP contribution in [-0.2, 0) is 28.6 Å². The largest absolute Gasteiger partial charge is 0.462 e. The van der Waals surface area contributed by atoms with E-state index in [2.05, 4.69) is 69.4 Å². The predicted octanol–water partition coefficient (Wildman–Crippen LogP) is 18.0. The zero-order valence-electron chi connectivity index (χ0n) is 42.5. The van der Waals surface area contributed by atoms with Crippen LogP contribution in [0.25, 0.3) is 0 Å². The number of carbonyl (C=O) groups excluding carboxylic acids is 3. The molecule has 0 aromatic heterocycles. The van der Waals surface area contributed by atoms with Crippen molar-refractivity contribution in [2.75, 3.05) is 13.2 Å². The molecule has 0 spiro atoms. The summed E-state index contributed by atoms with van der Waals surface area (Å²) in [6.07, 6.45) is 68.6. The van der Waals surface area contributed by atoms with Crippen molar-refractivity contribution in [1.82, 2.24) is 0 Å². The highest BCUT2D eigenvalue weighted by Crippen LogP contribution is 2.14. The Kier molecular flexibility index (Phi) is 50.4. The van der Waals surface area contributed by atoms with E-state index in [9.17, 15) is 14.4 Å². The Morgan fingerprint density at radius 2 is 0.615 bits per heavy atom. The van der Waals surface area contributed by atoms with Crippen molar-refractivity contribution >= 4 is 17.9 Å². The molecule has 0 amide bonds. The van der Waals surface area contributed by atoms with Gasteiger partial charge in [0.15, 0.2) is 6.10 Å². The maximum atomic E-state index is 12.8. The maximum absolute atomic E-state index is 12.8. The van der Waals surface area contributed by atoms with Crippen LogP contribution < -0.4 is 0 Å². The van der Waals surface area contributed by atoms with Gasteiger partial charge in [0.2, 0.25) is 0 Å². The van der Waals surface area contributed by atoms with E-state index in [0.717, 1.165) is 89.9 Å².